The van der Waals surface area contributed by atoms with Crippen LogP contribution in [0.4, 0.5) is 5.95 Å². The van der Waals surface area contributed by atoms with Crippen molar-refractivity contribution in [2.75, 3.05) is 37.7 Å². The highest BCUT2D eigenvalue weighted by Crippen LogP contribution is 2.18. The van der Waals surface area contributed by atoms with Gasteiger partial charge in [0, 0.05) is 38.6 Å². The molecule has 10 heteroatoms. The molecule has 0 atom stereocenters. The lowest BCUT2D eigenvalue weighted by Crippen LogP contribution is -2.50. The molecule has 0 spiro atoms. The van der Waals surface area contributed by atoms with E-state index in [4.69, 9.17) is 14.0 Å². The molecule has 3 aromatic rings. The van der Waals surface area contributed by atoms with Gasteiger partial charge in [-0.1, -0.05) is 5.16 Å². The van der Waals surface area contributed by atoms with Gasteiger partial charge in [0.05, 0.1) is 16.8 Å². The number of nitrogens with zero attached hydrogens (tertiary/aromatic N) is 5. The second kappa shape index (κ2) is 10.1. The zero-order valence-electron chi connectivity index (χ0n) is 18.6. The number of rotatable bonds is 7. The van der Waals surface area contributed by atoms with Crippen LogP contribution in [0.15, 0.2) is 47.2 Å². The minimum absolute atomic E-state index is 0.226. The third-order valence-electron chi connectivity index (χ3n) is 5.45. The highest BCUT2D eigenvalue weighted by Gasteiger charge is 2.23. The van der Waals surface area contributed by atoms with Crippen molar-refractivity contribution >= 4 is 17.8 Å². The largest absolute Gasteiger partial charge is 0.489 e. The van der Waals surface area contributed by atoms with Crippen LogP contribution in [0.3, 0.4) is 0 Å². The fourth-order valence-electron chi connectivity index (χ4n) is 3.46. The number of carbonyl (C=O) groups excluding carboxylic acids is 2. The van der Waals surface area contributed by atoms with Crippen LogP contribution < -0.4 is 9.64 Å². The molecule has 0 saturated carbocycles. The average molecular weight is 451 g/mol. The second-order valence-electron chi connectivity index (χ2n) is 7.61. The smallest absolute Gasteiger partial charge is 0.338 e. The van der Waals surface area contributed by atoms with Crippen LogP contribution in [0.2, 0.25) is 0 Å². The Bertz CT molecular complexity index is 1070. The molecule has 0 radical (unpaired) electrons. The van der Waals surface area contributed by atoms with E-state index in [9.17, 15) is 9.59 Å². The van der Waals surface area contributed by atoms with Gasteiger partial charge in [-0.2, -0.15) is 0 Å². The van der Waals surface area contributed by atoms with E-state index in [-0.39, 0.29) is 12.5 Å². The van der Waals surface area contributed by atoms with Crippen LogP contribution >= 0.6 is 0 Å². The molecule has 1 fully saturated rings. The van der Waals surface area contributed by atoms with Crippen molar-refractivity contribution in [3.63, 3.8) is 0 Å². The van der Waals surface area contributed by atoms with E-state index in [0.717, 1.165) is 11.3 Å². The number of hydrogen-bond acceptors (Lipinski definition) is 9. The highest BCUT2D eigenvalue weighted by molar-refractivity contribution is 5.91. The summed E-state index contributed by atoms with van der Waals surface area (Å²) in [5.74, 6) is 1.18. The maximum absolute atomic E-state index is 12.4. The summed E-state index contributed by atoms with van der Waals surface area (Å²) < 4.78 is 16.1. The van der Waals surface area contributed by atoms with Crippen LogP contribution in [0.5, 0.6) is 5.75 Å². The first-order valence-corrected chi connectivity index (χ1v) is 10.6. The lowest BCUT2D eigenvalue weighted by Gasteiger charge is -2.34. The van der Waals surface area contributed by atoms with Crippen molar-refractivity contribution in [3.05, 3.63) is 65.3 Å². The third kappa shape index (κ3) is 5.46. The molecule has 4 rings (SSSR count). The van der Waals surface area contributed by atoms with Gasteiger partial charge >= 0.3 is 5.97 Å². The van der Waals surface area contributed by atoms with Crippen molar-refractivity contribution in [1.82, 2.24) is 20.0 Å². The van der Waals surface area contributed by atoms with E-state index in [1.165, 1.54) is 0 Å². The highest BCUT2D eigenvalue weighted by atomic mass is 16.5. The number of aryl methyl sites for hydroxylation is 2. The molecule has 1 aliphatic heterocycles. The molecule has 1 aliphatic rings. The first-order valence-electron chi connectivity index (χ1n) is 10.6. The normalized spacial score (nSPS) is 13.6. The van der Waals surface area contributed by atoms with Crippen molar-refractivity contribution in [1.29, 1.82) is 0 Å². The van der Waals surface area contributed by atoms with Gasteiger partial charge in [0.1, 0.15) is 18.1 Å². The molecule has 0 aliphatic carbocycles. The number of hydrogen-bond donors (Lipinski definition) is 0. The Hall–Kier alpha value is -3.95. The molecule has 3 heterocycles. The molecule has 2 aromatic heterocycles. The molecule has 172 valence electrons. The fourth-order valence-corrected chi connectivity index (χ4v) is 3.46. The Morgan fingerprint density at radius 1 is 1.03 bits per heavy atom. The number of ether oxygens (including phenoxy) is 2. The molecule has 33 heavy (non-hydrogen) atoms. The van der Waals surface area contributed by atoms with Crippen molar-refractivity contribution in [2.45, 2.75) is 20.5 Å². The predicted octanol–water partition coefficient (Wildman–Crippen LogP) is 2.17. The van der Waals surface area contributed by atoms with Gasteiger partial charge in [0.2, 0.25) is 5.95 Å². The maximum atomic E-state index is 12.4. The minimum Gasteiger partial charge on any atom is -0.489 e. The average Bonchev–Trinajstić information content (AvgIpc) is 3.18. The summed E-state index contributed by atoms with van der Waals surface area (Å²) >= 11 is 0. The van der Waals surface area contributed by atoms with Gasteiger partial charge in [0.25, 0.3) is 5.91 Å². The summed E-state index contributed by atoms with van der Waals surface area (Å²) in [6.45, 7) is 5.99. The number of aromatic nitrogens is 3. The molecular formula is C23H25N5O5. The Morgan fingerprint density at radius 3 is 2.36 bits per heavy atom. The molecule has 1 aromatic carbocycles. The quantitative estimate of drug-likeness (QED) is 0.499. The summed E-state index contributed by atoms with van der Waals surface area (Å²) in [5, 5.41) is 3.90. The van der Waals surface area contributed by atoms with E-state index in [1.807, 2.05) is 18.7 Å². The number of anilines is 1. The van der Waals surface area contributed by atoms with E-state index in [1.54, 1.807) is 47.6 Å². The minimum atomic E-state index is -0.558. The van der Waals surface area contributed by atoms with Gasteiger partial charge in [-0.15, -0.1) is 0 Å². The van der Waals surface area contributed by atoms with Gasteiger partial charge in [0.15, 0.2) is 6.61 Å². The topological polar surface area (TPSA) is 111 Å². The first kappa shape index (κ1) is 22.3. The molecule has 1 amide bonds. The molecular weight excluding hydrogens is 426 g/mol. The molecule has 1 saturated heterocycles. The van der Waals surface area contributed by atoms with Crippen LogP contribution in [0.25, 0.3) is 0 Å². The van der Waals surface area contributed by atoms with Crippen LogP contribution in [0.1, 0.15) is 27.4 Å². The Balaban J connectivity index is 1.22. The van der Waals surface area contributed by atoms with E-state index in [0.29, 0.717) is 55.8 Å². The van der Waals surface area contributed by atoms with E-state index in [2.05, 4.69) is 15.1 Å². The Kier molecular flexibility index (Phi) is 6.82. The van der Waals surface area contributed by atoms with Crippen LogP contribution in [-0.4, -0.2) is 64.7 Å². The Labute approximate surface area is 191 Å². The van der Waals surface area contributed by atoms with E-state index >= 15 is 0 Å². The van der Waals surface area contributed by atoms with Gasteiger partial charge < -0.3 is 23.8 Å². The van der Waals surface area contributed by atoms with Gasteiger partial charge in [-0.05, 0) is 44.2 Å². The number of carbonyl (C=O) groups is 2. The van der Waals surface area contributed by atoms with Gasteiger partial charge in [-0.3, -0.25) is 4.79 Å². The summed E-state index contributed by atoms with van der Waals surface area (Å²) in [6, 6.07) is 8.34. The molecule has 10 nitrogen and oxygen atoms in total. The summed E-state index contributed by atoms with van der Waals surface area (Å²) in [6.07, 6.45) is 3.38. The number of piperazine rings is 1. The van der Waals surface area contributed by atoms with E-state index < -0.39 is 5.97 Å². The Morgan fingerprint density at radius 2 is 1.73 bits per heavy atom. The second-order valence-corrected chi connectivity index (χ2v) is 7.61. The number of amides is 1. The molecule has 0 unspecified atom stereocenters. The van der Waals surface area contributed by atoms with Crippen molar-refractivity contribution in [2.24, 2.45) is 0 Å². The standard InChI is InChI=1S/C23H25N5O5/c1-16-20(17(2)33-26-16)14-31-19-6-4-18(5-7-19)22(30)32-15-21(29)27-10-12-28(13-11-27)23-24-8-3-9-25-23/h3-9H,10-15H2,1-2H3. The fraction of sp³-hybridized carbons (Fsp3) is 0.348. The lowest BCUT2D eigenvalue weighted by atomic mass is 10.2. The summed E-state index contributed by atoms with van der Waals surface area (Å²) in [4.78, 5) is 36.9. The molecule has 0 N–H and O–H groups in total. The maximum Gasteiger partial charge on any atom is 0.338 e. The molecule has 0 bridgehead atoms. The zero-order chi connectivity index (χ0) is 23.2. The third-order valence-corrected chi connectivity index (χ3v) is 5.45. The monoisotopic (exact) mass is 451 g/mol. The number of benzene rings is 1. The predicted molar refractivity (Wildman–Crippen MR) is 118 cm³/mol. The first-order chi connectivity index (χ1) is 16.0. The number of esters is 1. The summed E-state index contributed by atoms with van der Waals surface area (Å²) in [7, 11) is 0. The zero-order valence-corrected chi connectivity index (χ0v) is 18.6. The van der Waals surface area contributed by atoms with Crippen molar-refractivity contribution < 1.29 is 23.6 Å². The van der Waals surface area contributed by atoms with Crippen molar-refractivity contribution in [3.8, 4) is 5.75 Å². The SMILES string of the molecule is Cc1noc(C)c1COc1ccc(C(=O)OCC(=O)N2CCN(c3ncccn3)CC2)cc1. The van der Waals surface area contributed by atoms with Crippen LogP contribution in [-0.2, 0) is 16.1 Å². The van der Waals surface area contributed by atoms with Crippen LogP contribution in [0, 0.1) is 13.8 Å². The lowest BCUT2D eigenvalue weighted by molar-refractivity contribution is -0.134. The summed E-state index contributed by atoms with van der Waals surface area (Å²) in [5.41, 5.74) is 2.03. The van der Waals surface area contributed by atoms with Gasteiger partial charge in [-0.25, -0.2) is 14.8 Å².